The summed E-state index contributed by atoms with van der Waals surface area (Å²) in [6, 6.07) is 11.8. The average molecular weight is 223 g/mol. The van der Waals surface area contributed by atoms with Gasteiger partial charge in [0.15, 0.2) is 0 Å². The van der Waals surface area contributed by atoms with E-state index in [1.807, 2.05) is 37.3 Å². The predicted molar refractivity (Wildman–Crippen MR) is 67.0 cm³/mol. The molecule has 0 aliphatic heterocycles. The Labute approximate surface area is 101 Å². The van der Waals surface area contributed by atoms with Crippen molar-refractivity contribution < 1.29 is 0 Å². The molecule has 0 aliphatic rings. The second kappa shape index (κ2) is 4.77. The molecule has 1 heterocycles. The number of aromatic nitrogens is 1. The Morgan fingerprint density at radius 3 is 2.76 bits per heavy atom. The van der Waals surface area contributed by atoms with Crippen molar-refractivity contribution >= 4 is 0 Å². The van der Waals surface area contributed by atoms with Crippen LogP contribution in [0.2, 0.25) is 0 Å². The van der Waals surface area contributed by atoms with Crippen molar-refractivity contribution in [1.82, 2.24) is 4.98 Å². The first-order valence-electron chi connectivity index (χ1n) is 5.40. The van der Waals surface area contributed by atoms with Gasteiger partial charge in [-0.2, -0.15) is 5.26 Å². The highest BCUT2D eigenvalue weighted by Gasteiger charge is 2.06. The third kappa shape index (κ3) is 2.32. The molecule has 0 spiro atoms. The van der Waals surface area contributed by atoms with Gasteiger partial charge in [-0.25, -0.2) is 0 Å². The number of rotatable bonds is 2. The van der Waals surface area contributed by atoms with Gasteiger partial charge in [-0.15, -0.1) is 0 Å². The van der Waals surface area contributed by atoms with E-state index in [0.29, 0.717) is 12.1 Å². The lowest BCUT2D eigenvalue weighted by Crippen LogP contribution is -1.97. The topological polar surface area (TPSA) is 62.7 Å². The number of pyridine rings is 1. The number of aryl methyl sites for hydroxylation is 1. The number of nitrogens with zero attached hydrogens (tertiary/aromatic N) is 2. The lowest BCUT2D eigenvalue weighted by Gasteiger charge is -2.06. The molecule has 2 N–H and O–H groups in total. The Kier molecular flexibility index (Phi) is 3.17. The minimum atomic E-state index is 0.449. The third-order valence-electron chi connectivity index (χ3n) is 2.65. The van der Waals surface area contributed by atoms with Crippen LogP contribution in [0, 0.1) is 18.3 Å². The maximum atomic E-state index is 9.16. The number of hydrogen-bond acceptors (Lipinski definition) is 3. The molecule has 0 fully saturated rings. The van der Waals surface area contributed by atoms with Crippen LogP contribution in [-0.2, 0) is 6.54 Å². The van der Waals surface area contributed by atoms with Crippen LogP contribution in [0.5, 0.6) is 0 Å². The molecule has 0 bridgehead atoms. The summed E-state index contributed by atoms with van der Waals surface area (Å²) in [5.74, 6) is 0. The van der Waals surface area contributed by atoms with Gasteiger partial charge in [0.1, 0.15) is 0 Å². The lowest BCUT2D eigenvalue weighted by molar-refractivity contribution is 1.07. The van der Waals surface area contributed by atoms with Gasteiger partial charge in [-0.3, -0.25) is 4.98 Å². The normalized spacial score (nSPS) is 9.94. The minimum Gasteiger partial charge on any atom is -0.326 e. The van der Waals surface area contributed by atoms with E-state index >= 15 is 0 Å². The zero-order chi connectivity index (χ0) is 12.3. The van der Waals surface area contributed by atoms with E-state index < -0.39 is 0 Å². The van der Waals surface area contributed by atoms with Crippen LogP contribution in [0.25, 0.3) is 11.1 Å². The predicted octanol–water partition coefficient (Wildman–Crippen LogP) is 2.39. The molecule has 2 rings (SSSR count). The fraction of sp³-hybridized carbons (Fsp3) is 0.143. The molecule has 2 aromatic rings. The van der Waals surface area contributed by atoms with Crippen LogP contribution < -0.4 is 5.73 Å². The monoisotopic (exact) mass is 223 g/mol. The molecule has 0 aliphatic carbocycles. The van der Waals surface area contributed by atoms with E-state index in [9.17, 15) is 0 Å². The summed E-state index contributed by atoms with van der Waals surface area (Å²) in [4.78, 5) is 4.15. The summed E-state index contributed by atoms with van der Waals surface area (Å²) in [6.45, 7) is 2.38. The standard InChI is InChI=1S/C14H13N3/c1-10-6-12(4-5-17-10)14-3-2-11(8-15)7-13(14)9-16/h2-7H,8,15H2,1H3. The lowest BCUT2D eigenvalue weighted by atomic mass is 9.98. The van der Waals surface area contributed by atoms with E-state index in [-0.39, 0.29) is 0 Å². The first-order chi connectivity index (χ1) is 8.24. The molecule has 0 saturated heterocycles. The molecular weight excluding hydrogens is 210 g/mol. The first kappa shape index (κ1) is 11.3. The van der Waals surface area contributed by atoms with Crippen molar-refractivity contribution in [3.63, 3.8) is 0 Å². The molecular formula is C14H13N3. The van der Waals surface area contributed by atoms with Crippen molar-refractivity contribution in [1.29, 1.82) is 5.26 Å². The minimum absolute atomic E-state index is 0.449. The van der Waals surface area contributed by atoms with Gasteiger partial charge < -0.3 is 5.73 Å². The van der Waals surface area contributed by atoms with E-state index in [1.54, 1.807) is 6.20 Å². The summed E-state index contributed by atoms with van der Waals surface area (Å²) >= 11 is 0. The molecule has 0 amide bonds. The molecule has 1 aromatic carbocycles. The Morgan fingerprint density at radius 2 is 2.12 bits per heavy atom. The molecule has 17 heavy (non-hydrogen) atoms. The van der Waals surface area contributed by atoms with Gasteiger partial charge in [-0.1, -0.05) is 12.1 Å². The first-order valence-corrected chi connectivity index (χ1v) is 5.40. The molecule has 0 radical (unpaired) electrons. The van der Waals surface area contributed by atoms with Crippen LogP contribution in [0.15, 0.2) is 36.5 Å². The smallest absolute Gasteiger partial charge is 0.0998 e. The second-order valence-corrected chi connectivity index (χ2v) is 3.88. The quantitative estimate of drug-likeness (QED) is 0.850. The number of nitrogens with two attached hydrogens (primary N) is 1. The number of nitriles is 1. The SMILES string of the molecule is Cc1cc(-c2ccc(CN)cc2C#N)ccn1. The van der Waals surface area contributed by atoms with E-state index in [0.717, 1.165) is 22.4 Å². The molecule has 0 unspecified atom stereocenters. The summed E-state index contributed by atoms with van der Waals surface area (Å²) in [6.07, 6.45) is 1.75. The highest BCUT2D eigenvalue weighted by molar-refractivity contribution is 5.70. The van der Waals surface area contributed by atoms with E-state index in [1.165, 1.54) is 0 Å². The van der Waals surface area contributed by atoms with Gasteiger partial charge in [0.2, 0.25) is 0 Å². The van der Waals surface area contributed by atoms with Crippen molar-refractivity contribution in [2.24, 2.45) is 5.73 Å². The highest BCUT2D eigenvalue weighted by atomic mass is 14.6. The van der Waals surface area contributed by atoms with Crippen LogP contribution in [-0.4, -0.2) is 4.98 Å². The van der Waals surface area contributed by atoms with Crippen molar-refractivity contribution in [2.75, 3.05) is 0 Å². The average Bonchev–Trinajstić information content (AvgIpc) is 2.38. The fourth-order valence-electron chi connectivity index (χ4n) is 1.78. The molecule has 0 saturated carbocycles. The zero-order valence-electron chi connectivity index (χ0n) is 9.64. The Balaban J connectivity index is 2.56. The highest BCUT2D eigenvalue weighted by Crippen LogP contribution is 2.24. The van der Waals surface area contributed by atoms with Gasteiger partial charge in [0.25, 0.3) is 0 Å². The van der Waals surface area contributed by atoms with Crippen LogP contribution in [0.4, 0.5) is 0 Å². The molecule has 1 aromatic heterocycles. The van der Waals surface area contributed by atoms with Gasteiger partial charge in [0.05, 0.1) is 11.6 Å². The summed E-state index contributed by atoms with van der Waals surface area (Å²) < 4.78 is 0. The van der Waals surface area contributed by atoms with Crippen molar-refractivity contribution in [2.45, 2.75) is 13.5 Å². The number of hydrogen-bond donors (Lipinski definition) is 1. The fourth-order valence-corrected chi connectivity index (χ4v) is 1.78. The number of benzene rings is 1. The maximum Gasteiger partial charge on any atom is 0.0998 e. The van der Waals surface area contributed by atoms with Crippen molar-refractivity contribution in [3.05, 3.63) is 53.3 Å². The largest absolute Gasteiger partial charge is 0.326 e. The Morgan fingerprint density at radius 1 is 1.29 bits per heavy atom. The van der Waals surface area contributed by atoms with Gasteiger partial charge in [-0.05, 0) is 41.8 Å². The van der Waals surface area contributed by atoms with Crippen LogP contribution in [0.1, 0.15) is 16.8 Å². The molecule has 3 heteroatoms. The zero-order valence-corrected chi connectivity index (χ0v) is 9.64. The van der Waals surface area contributed by atoms with Crippen molar-refractivity contribution in [3.8, 4) is 17.2 Å². The molecule has 0 atom stereocenters. The summed E-state index contributed by atoms with van der Waals surface area (Å²) in [5.41, 5.74) is 10.1. The second-order valence-electron chi connectivity index (χ2n) is 3.88. The maximum absolute atomic E-state index is 9.16. The molecule has 3 nitrogen and oxygen atoms in total. The summed E-state index contributed by atoms with van der Waals surface area (Å²) in [5, 5.41) is 9.16. The van der Waals surface area contributed by atoms with Gasteiger partial charge >= 0.3 is 0 Å². The Bertz CT molecular complexity index is 582. The van der Waals surface area contributed by atoms with Gasteiger partial charge in [0, 0.05) is 18.4 Å². The van der Waals surface area contributed by atoms with Crippen LogP contribution in [0.3, 0.4) is 0 Å². The third-order valence-corrected chi connectivity index (χ3v) is 2.65. The van der Waals surface area contributed by atoms with Crippen LogP contribution >= 0.6 is 0 Å². The van der Waals surface area contributed by atoms with E-state index in [2.05, 4.69) is 11.1 Å². The summed E-state index contributed by atoms with van der Waals surface area (Å²) in [7, 11) is 0. The van der Waals surface area contributed by atoms with E-state index in [4.69, 9.17) is 11.0 Å². The Hall–Kier alpha value is -2.18. The molecule has 84 valence electrons.